The van der Waals surface area contributed by atoms with Crippen LogP contribution >= 0.6 is 0 Å². The number of carbonyl (C=O) groups excluding carboxylic acids is 1. The highest BCUT2D eigenvalue weighted by atomic mass is 16.2. The predicted molar refractivity (Wildman–Crippen MR) is 96.2 cm³/mol. The van der Waals surface area contributed by atoms with E-state index in [2.05, 4.69) is 27.1 Å². The van der Waals surface area contributed by atoms with Gasteiger partial charge >= 0.3 is 0 Å². The highest BCUT2D eigenvalue weighted by Crippen LogP contribution is 2.23. The van der Waals surface area contributed by atoms with Crippen LogP contribution in [-0.4, -0.2) is 38.8 Å². The van der Waals surface area contributed by atoms with Crippen molar-refractivity contribution in [2.24, 2.45) is 5.92 Å². The zero-order chi connectivity index (χ0) is 17.2. The summed E-state index contributed by atoms with van der Waals surface area (Å²) in [5, 5.41) is 1.17. The molecule has 5 nitrogen and oxygen atoms in total. The van der Waals surface area contributed by atoms with Gasteiger partial charge in [0.1, 0.15) is 5.69 Å². The average Bonchev–Trinajstić information content (AvgIpc) is 3.10. The van der Waals surface area contributed by atoms with Gasteiger partial charge in [-0.2, -0.15) is 0 Å². The van der Waals surface area contributed by atoms with Crippen molar-refractivity contribution < 1.29 is 4.79 Å². The zero-order valence-corrected chi connectivity index (χ0v) is 14.2. The molecule has 0 radical (unpaired) electrons. The number of fused-ring (bicyclic) bond motifs is 1. The molecule has 1 aliphatic heterocycles. The average molecular weight is 332 g/mol. The number of rotatable bonds is 3. The number of nitrogens with zero attached hydrogens (tertiary/aromatic N) is 4. The number of carbonyl (C=O) groups is 1. The third-order valence-electron chi connectivity index (χ3n) is 4.74. The third-order valence-corrected chi connectivity index (χ3v) is 4.74. The van der Waals surface area contributed by atoms with Crippen LogP contribution in [0.3, 0.4) is 0 Å². The lowest BCUT2D eigenvalue weighted by atomic mass is 9.99. The van der Waals surface area contributed by atoms with Gasteiger partial charge in [0.25, 0.3) is 5.91 Å². The van der Waals surface area contributed by atoms with Crippen molar-refractivity contribution in [3.05, 3.63) is 65.9 Å². The van der Waals surface area contributed by atoms with E-state index in [-0.39, 0.29) is 5.91 Å². The first kappa shape index (κ1) is 15.7. The van der Waals surface area contributed by atoms with Crippen LogP contribution in [0.2, 0.25) is 0 Å². The van der Waals surface area contributed by atoms with E-state index in [1.807, 2.05) is 36.2 Å². The molecule has 4 rings (SSSR count). The molecule has 0 spiro atoms. The van der Waals surface area contributed by atoms with Crippen LogP contribution in [0.25, 0.3) is 10.9 Å². The molecule has 1 fully saturated rings. The molecule has 3 aromatic rings. The van der Waals surface area contributed by atoms with Crippen molar-refractivity contribution in [3.8, 4) is 0 Å². The number of aromatic nitrogens is 3. The van der Waals surface area contributed by atoms with Gasteiger partial charge in [0.05, 0.1) is 17.4 Å². The number of hydrogen-bond donors (Lipinski definition) is 0. The van der Waals surface area contributed by atoms with Crippen molar-refractivity contribution in [2.45, 2.75) is 19.8 Å². The highest BCUT2D eigenvalue weighted by molar-refractivity contribution is 5.92. The molecule has 1 aromatic carbocycles. The summed E-state index contributed by atoms with van der Waals surface area (Å²) in [6.45, 7) is 3.41. The number of likely N-dealkylation sites (tertiary alicyclic amines) is 1. The smallest absolute Gasteiger partial charge is 0.274 e. The Hall–Kier alpha value is -2.82. The Labute approximate surface area is 146 Å². The molecule has 1 amide bonds. The van der Waals surface area contributed by atoms with Crippen LogP contribution in [0.5, 0.6) is 0 Å². The van der Waals surface area contributed by atoms with Gasteiger partial charge in [-0.3, -0.25) is 14.8 Å². The molecular formula is C20H20N4O. The van der Waals surface area contributed by atoms with Gasteiger partial charge < -0.3 is 4.90 Å². The third kappa shape index (κ3) is 3.36. The fourth-order valence-corrected chi connectivity index (χ4v) is 3.41. The van der Waals surface area contributed by atoms with E-state index >= 15 is 0 Å². The van der Waals surface area contributed by atoms with E-state index in [9.17, 15) is 4.79 Å². The van der Waals surface area contributed by atoms with E-state index in [0.29, 0.717) is 11.6 Å². The minimum atomic E-state index is -0.0216. The lowest BCUT2D eigenvalue weighted by molar-refractivity contribution is 0.0781. The van der Waals surface area contributed by atoms with Gasteiger partial charge in [0.2, 0.25) is 0 Å². The summed E-state index contributed by atoms with van der Waals surface area (Å²) >= 11 is 0. The Morgan fingerprint density at radius 3 is 2.88 bits per heavy atom. The molecule has 1 aliphatic rings. The summed E-state index contributed by atoms with van der Waals surface area (Å²) in [6, 6.07) is 10.4. The second-order valence-electron chi connectivity index (χ2n) is 6.69. The molecule has 0 aliphatic carbocycles. The van der Waals surface area contributed by atoms with Gasteiger partial charge in [0.15, 0.2) is 0 Å². The molecule has 0 N–H and O–H groups in total. The molecule has 1 atom stereocenters. The molecular weight excluding hydrogens is 312 g/mol. The van der Waals surface area contributed by atoms with Crippen LogP contribution in [0.15, 0.2) is 48.9 Å². The lowest BCUT2D eigenvalue weighted by Crippen LogP contribution is -2.29. The molecule has 126 valence electrons. The van der Waals surface area contributed by atoms with Gasteiger partial charge in [-0.25, -0.2) is 4.98 Å². The maximum Gasteiger partial charge on any atom is 0.274 e. The van der Waals surface area contributed by atoms with Crippen molar-refractivity contribution in [2.75, 3.05) is 13.1 Å². The topological polar surface area (TPSA) is 59.0 Å². The molecule has 3 heterocycles. The maximum atomic E-state index is 12.5. The molecule has 5 heteroatoms. The van der Waals surface area contributed by atoms with Gasteiger partial charge in [-0.1, -0.05) is 18.2 Å². The SMILES string of the molecule is Cc1cnc(C(=O)N2CC[C@@H](Cc3cnc4ccccc4c3)C2)cn1. The first-order valence-corrected chi connectivity index (χ1v) is 8.60. The maximum absolute atomic E-state index is 12.5. The molecule has 2 aromatic heterocycles. The summed E-state index contributed by atoms with van der Waals surface area (Å²) in [5.41, 5.74) is 3.50. The Balaban J connectivity index is 1.43. The van der Waals surface area contributed by atoms with Gasteiger partial charge in [0, 0.05) is 30.9 Å². The standard InChI is InChI=1S/C20H20N4O/c1-14-10-22-19(12-21-14)20(25)24-7-6-15(13-24)8-16-9-17-4-2-3-5-18(17)23-11-16/h2-5,9-12,15H,6-8,13H2,1H3/t15-/m0/s1. The molecule has 1 saturated heterocycles. The Kier molecular flexibility index (Phi) is 4.14. The molecule has 0 bridgehead atoms. The predicted octanol–water partition coefficient (Wildman–Crippen LogP) is 3.04. The van der Waals surface area contributed by atoms with E-state index in [0.717, 1.165) is 37.1 Å². The minimum Gasteiger partial charge on any atom is -0.337 e. The minimum absolute atomic E-state index is 0.0216. The summed E-state index contributed by atoms with van der Waals surface area (Å²) in [5.74, 6) is 0.442. The van der Waals surface area contributed by atoms with Crippen molar-refractivity contribution in [1.29, 1.82) is 0 Å². The summed E-state index contributed by atoms with van der Waals surface area (Å²) < 4.78 is 0. The Morgan fingerprint density at radius 1 is 1.16 bits per heavy atom. The van der Waals surface area contributed by atoms with Crippen LogP contribution in [0.4, 0.5) is 0 Å². The second-order valence-corrected chi connectivity index (χ2v) is 6.69. The normalized spacial score (nSPS) is 17.2. The van der Waals surface area contributed by atoms with E-state index in [4.69, 9.17) is 0 Å². The Bertz CT molecular complexity index is 907. The van der Waals surface area contributed by atoms with Crippen molar-refractivity contribution >= 4 is 16.8 Å². The van der Waals surface area contributed by atoms with E-state index < -0.39 is 0 Å². The van der Waals surface area contributed by atoms with Crippen LogP contribution < -0.4 is 0 Å². The van der Waals surface area contributed by atoms with Crippen molar-refractivity contribution in [1.82, 2.24) is 19.9 Å². The summed E-state index contributed by atoms with van der Waals surface area (Å²) in [4.78, 5) is 27.3. The number of amides is 1. The summed E-state index contributed by atoms with van der Waals surface area (Å²) in [7, 11) is 0. The number of pyridine rings is 1. The fraction of sp³-hybridized carbons (Fsp3) is 0.300. The fourth-order valence-electron chi connectivity index (χ4n) is 3.41. The highest BCUT2D eigenvalue weighted by Gasteiger charge is 2.27. The van der Waals surface area contributed by atoms with Crippen LogP contribution in [0.1, 0.15) is 28.2 Å². The van der Waals surface area contributed by atoms with Gasteiger partial charge in [-0.05, 0) is 43.4 Å². The van der Waals surface area contributed by atoms with E-state index in [1.165, 1.54) is 10.9 Å². The number of para-hydroxylation sites is 1. The number of benzene rings is 1. The number of aryl methyl sites for hydroxylation is 1. The molecule has 0 unspecified atom stereocenters. The lowest BCUT2D eigenvalue weighted by Gasteiger charge is -2.16. The van der Waals surface area contributed by atoms with Crippen LogP contribution in [0, 0.1) is 12.8 Å². The Morgan fingerprint density at radius 2 is 2.04 bits per heavy atom. The molecule has 25 heavy (non-hydrogen) atoms. The van der Waals surface area contributed by atoms with Crippen LogP contribution in [-0.2, 0) is 6.42 Å². The summed E-state index contributed by atoms with van der Waals surface area (Å²) in [6.07, 6.45) is 7.12. The second kappa shape index (κ2) is 6.59. The quantitative estimate of drug-likeness (QED) is 0.740. The molecule has 0 saturated carbocycles. The number of hydrogen-bond acceptors (Lipinski definition) is 4. The zero-order valence-electron chi connectivity index (χ0n) is 14.2. The largest absolute Gasteiger partial charge is 0.337 e. The first-order valence-electron chi connectivity index (χ1n) is 8.60. The monoisotopic (exact) mass is 332 g/mol. The van der Waals surface area contributed by atoms with Gasteiger partial charge in [-0.15, -0.1) is 0 Å². The van der Waals surface area contributed by atoms with E-state index in [1.54, 1.807) is 12.4 Å². The first-order chi connectivity index (χ1) is 12.2. The van der Waals surface area contributed by atoms with Crippen molar-refractivity contribution in [3.63, 3.8) is 0 Å².